The van der Waals surface area contributed by atoms with Gasteiger partial charge in [-0.3, -0.25) is 14.9 Å². The lowest BCUT2D eigenvalue weighted by molar-refractivity contribution is -0.418. The van der Waals surface area contributed by atoms with Crippen LogP contribution in [0.15, 0.2) is 23.9 Å². The first kappa shape index (κ1) is 10.6. The number of carbonyl (C=O) groups is 1. The van der Waals surface area contributed by atoms with E-state index in [9.17, 15) is 19.1 Å². The van der Waals surface area contributed by atoms with Crippen LogP contribution in [0, 0.1) is 10.1 Å². The van der Waals surface area contributed by atoms with Crippen LogP contribution in [0.2, 0.25) is 0 Å². The van der Waals surface area contributed by atoms with Crippen LogP contribution in [-0.2, 0) is 14.8 Å². The number of ketones is 1. The molecule has 1 aliphatic rings. The fourth-order valence-electron chi connectivity index (χ4n) is 0.822. The summed E-state index contributed by atoms with van der Waals surface area (Å²) in [6.45, 7) is 0. The Morgan fingerprint density at radius 2 is 2.07 bits per heavy atom. The van der Waals surface area contributed by atoms with Crippen LogP contribution >= 0.6 is 0 Å². The van der Waals surface area contributed by atoms with Crippen molar-refractivity contribution in [1.82, 2.24) is 0 Å². The molecule has 1 unspecified atom stereocenters. The lowest BCUT2D eigenvalue weighted by atomic mass is 10.1. The molecule has 14 heavy (non-hydrogen) atoms. The fourth-order valence-corrected chi connectivity index (χ4v) is 1.37. The minimum atomic E-state index is -3.77. The van der Waals surface area contributed by atoms with Gasteiger partial charge >= 0.3 is 5.70 Å². The van der Waals surface area contributed by atoms with E-state index in [0.29, 0.717) is 6.08 Å². The normalized spacial score (nSPS) is 20.3. The van der Waals surface area contributed by atoms with Gasteiger partial charge in [0.1, 0.15) is 9.99 Å². The third-order valence-electron chi connectivity index (χ3n) is 1.46. The molecule has 1 atom stereocenters. The van der Waals surface area contributed by atoms with E-state index in [-0.39, 0.29) is 4.86 Å². The number of nitrogens with two attached hydrogens (primary N) is 1. The summed E-state index contributed by atoms with van der Waals surface area (Å²) in [6.07, 6.45) is 2.51. The molecule has 1 rings (SSSR count). The second-order valence-corrected chi connectivity index (χ2v) is 4.06. The van der Waals surface area contributed by atoms with Gasteiger partial charge in [-0.05, 0) is 12.2 Å². The first-order valence-electron chi connectivity index (χ1n) is 3.32. The van der Waals surface area contributed by atoms with E-state index in [1.165, 1.54) is 0 Å². The highest BCUT2D eigenvalue weighted by Gasteiger charge is 2.24. The van der Waals surface area contributed by atoms with Crippen molar-refractivity contribution >= 4 is 20.6 Å². The molecular weight excluding hydrogens is 212 g/mol. The van der Waals surface area contributed by atoms with Gasteiger partial charge in [-0.15, -0.1) is 0 Å². The Bertz CT molecular complexity index is 472. The number of carbonyl (C=O) groups excluding carboxylic acids is 1. The summed E-state index contributed by atoms with van der Waals surface area (Å²) in [5, 5.41) is 15.1. The maximum atomic E-state index is 10.9. The third-order valence-corrected chi connectivity index (χ3v) is 2.39. The second kappa shape index (κ2) is 3.33. The number of rotatable bonds is 1. The van der Waals surface area contributed by atoms with Crippen LogP contribution < -0.4 is 5.14 Å². The number of hydrogen-bond donors (Lipinski definition) is 2. The quantitative estimate of drug-likeness (QED) is 0.335. The molecule has 0 aromatic carbocycles. The van der Waals surface area contributed by atoms with Gasteiger partial charge in [-0.2, -0.15) is 0 Å². The number of hydrogen-bond acceptors (Lipinski definition) is 4. The maximum Gasteiger partial charge on any atom is 0.317 e. The van der Waals surface area contributed by atoms with Crippen LogP contribution in [0.25, 0.3) is 0 Å². The Hall–Kier alpha value is -1.51. The molecule has 76 valence electrons. The zero-order valence-corrected chi connectivity index (χ0v) is 7.56. The fraction of sp³-hybridized carbons (Fsp3) is 0. The van der Waals surface area contributed by atoms with E-state index in [4.69, 9.17) is 9.69 Å². The molecule has 0 aromatic heterocycles. The molecule has 0 saturated carbocycles. The lowest BCUT2D eigenvalue weighted by Gasteiger charge is -2.03. The Labute approximate surface area is 79.0 Å². The van der Waals surface area contributed by atoms with Crippen molar-refractivity contribution in [3.05, 3.63) is 34.0 Å². The molecule has 0 radical (unpaired) electrons. The minimum absolute atomic E-state index is 0.344. The highest BCUT2D eigenvalue weighted by molar-refractivity contribution is 7.95. The van der Waals surface area contributed by atoms with E-state index >= 15 is 0 Å². The van der Waals surface area contributed by atoms with Gasteiger partial charge in [0.15, 0.2) is 0 Å². The number of nitrogens with zero attached hydrogens (tertiary/aromatic N) is 1. The summed E-state index contributed by atoms with van der Waals surface area (Å²) < 4.78 is 19.8. The summed E-state index contributed by atoms with van der Waals surface area (Å²) >= 11 is 0. The molecule has 0 heterocycles. The van der Waals surface area contributed by atoms with Crippen molar-refractivity contribution in [1.29, 1.82) is 0 Å². The van der Waals surface area contributed by atoms with Crippen molar-refractivity contribution in [2.75, 3.05) is 0 Å². The molecule has 0 bridgehead atoms. The lowest BCUT2D eigenvalue weighted by Crippen LogP contribution is -2.23. The molecular formula is C6H6N2O5S. The first-order valence-corrected chi connectivity index (χ1v) is 4.90. The van der Waals surface area contributed by atoms with Crippen LogP contribution in [0.3, 0.4) is 0 Å². The molecule has 0 spiro atoms. The summed E-state index contributed by atoms with van der Waals surface area (Å²) in [6, 6.07) is 0. The predicted octanol–water partition coefficient (Wildman–Crippen LogP) is -0.911. The molecule has 0 amide bonds. The van der Waals surface area contributed by atoms with Gasteiger partial charge in [0.25, 0.3) is 5.78 Å². The van der Waals surface area contributed by atoms with Gasteiger partial charge < -0.3 is 4.55 Å². The van der Waals surface area contributed by atoms with Crippen molar-refractivity contribution in [3.63, 3.8) is 0 Å². The average molecular weight is 218 g/mol. The standard InChI is InChI=1S/C6H6N2O5S/c7-14(12,13)4-1-2-6(9)5(3-4)8(10)11/h1-3H,(H3,7,12,13). The smallest absolute Gasteiger partial charge is 0.302 e. The van der Waals surface area contributed by atoms with Crippen LogP contribution in [0.4, 0.5) is 0 Å². The van der Waals surface area contributed by atoms with Crippen molar-refractivity contribution in [2.24, 2.45) is 5.14 Å². The molecule has 0 fully saturated rings. The highest BCUT2D eigenvalue weighted by atomic mass is 32.2. The van der Waals surface area contributed by atoms with Crippen LogP contribution in [-0.4, -0.2) is 24.3 Å². The predicted molar refractivity (Wildman–Crippen MR) is 49.2 cm³/mol. The SMILES string of the molecule is NS(=O)(O)=C1C=CC(=O)C([N+](=O)[O-])=C1. The van der Waals surface area contributed by atoms with E-state index in [1.807, 2.05) is 0 Å². The second-order valence-electron chi connectivity index (χ2n) is 2.46. The van der Waals surface area contributed by atoms with Crippen molar-refractivity contribution in [3.8, 4) is 0 Å². The molecule has 7 nitrogen and oxygen atoms in total. The highest BCUT2D eigenvalue weighted by Crippen LogP contribution is 2.07. The largest absolute Gasteiger partial charge is 0.317 e. The monoisotopic (exact) mass is 218 g/mol. The van der Waals surface area contributed by atoms with Crippen molar-refractivity contribution in [2.45, 2.75) is 0 Å². The number of allylic oxidation sites excluding steroid dienone is 3. The molecule has 0 saturated heterocycles. The Balaban J connectivity index is 3.37. The van der Waals surface area contributed by atoms with Gasteiger partial charge in [0, 0.05) is 6.08 Å². The third kappa shape index (κ3) is 2.05. The molecule has 1 aliphatic carbocycles. The van der Waals surface area contributed by atoms with Gasteiger partial charge in [-0.1, -0.05) is 0 Å². The van der Waals surface area contributed by atoms with Crippen LogP contribution in [0.5, 0.6) is 0 Å². The van der Waals surface area contributed by atoms with Gasteiger partial charge in [0.05, 0.1) is 9.79 Å². The Kier molecular flexibility index (Phi) is 2.51. The Morgan fingerprint density at radius 1 is 1.50 bits per heavy atom. The summed E-state index contributed by atoms with van der Waals surface area (Å²) in [4.78, 5) is 19.9. The molecule has 0 aliphatic heterocycles. The van der Waals surface area contributed by atoms with E-state index in [1.54, 1.807) is 0 Å². The van der Waals surface area contributed by atoms with E-state index < -0.39 is 26.4 Å². The maximum absolute atomic E-state index is 10.9. The van der Waals surface area contributed by atoms with Crippen LogP contribution in [0.1, 0.15) is 0 Å². The van der Waals surface area contributed by atoms with Gasteiger partial charge in [-0.25, -0.2) is 9.35 Å². The topological polar surface area (TPSA) is 124 Å². The summed E-state index contributed by atoms with van der Waals surface area (Å²) in [5.74, 6) is -0.831. The molecule has 3 N–H and O–H groups in total. The first-order chi connectivity index (χ1) is 6.32. The van der Waals surface area contributed by atoms with E-state index in [0.717, 1.165) is 12.2 Å². The zero-order valence-electron chi connectivity index (χ0n) is 6.75. The zero-order chi connectivity index (χ0) is 10.9. The Morgan fingerprint density at radius 3 is 2.50 bits per heavy atom. The summed E-state index contributed by atoms with van der Waals surface area (Å²) in [7, 11) is -3.77. The van der Waals surface area contributed by atoms with Crippen molar-refractivity contribution < 1.29 is 18.5 Å². The summed E-state index contributed by atoms with van der Waals surface area (Å²) in [5.41, 5.74) is -0.769. The van der Waals surface area contributed by atoms with Gasteiger partial charge in [0.2, 0.25) is 0 Å². The average Bonchev–Trinajstić information content (AvgIpc) is 2.02. The molecule has 0 aromatic rings. The van der Waals surface area contributed by atoms with E-state index in [2.05, 4.69) is 0 Å². The number of nitro groups is 1. The molecule has 8 heteroatoms. The minimum Gasteiger partial charge on any atom is -0.302 e.